The standard InChI is InChI=1S/C18H14Cl2O3/c1-3-16(21)23-18-13-7-5-10(19)8-14(13)17(22-2)12-6-4-11(20)9-15(12)18/h3-5,7-8H,1,6,9H2,2H3. The number of hydrogen-bond acceptors (Lipinski definition) is 3. The lowest BCUT2D eigenvalue weighted by Crippen LogP contribution is -2.11. The zero-order chi connectivity index (χ0) is 16.6. The first-order valence-corrected chi connectivity index (χ1v) is 7.80. The second kappa shape index (κ2) is 6.26. The van der Waals surface area contributed by atoms with Gasteiger partial charge in [0.25, 0.3) is 0 Å². The molecule has 0 saturated heterocycles. The van der Waals surface area contributed by atoms with E-state index in [4.69, 9.17) is 32.7 Å². The second-order valence-corrected chi connectivity index (χ2v) is 6.09. The minimum atomic E-state index is -0.515. The summed E-state index contributed by atoms with van der Waals surface area (Å²) in [5, 5.41) is 2.86. The molecule has 5 heteroatoms. The number of halogens is 2. The van der Waals surface area contributed by atoms with Crippen LogP contribution in [0.5, 0.6) is 11.5 Å². The number of methoxy groups -OCH3 is 1. The van der Waals surface area contributed by atoms with Gasteiger partial charge in [0.1, 0.15) is 11.5 Å². The SMILES string of the molecule is C=CC(=O)Oc1c2c(c(OC)c3cc(Cl)ccc13)CC=C(Cl)C2. The molecule has 0 bridgehead atoms. The molecule has 23 heavy (non-hydrogen) atoms. The maximum absolute atomic E-state index is 11.8. The molecule has 0 aromatic heterocycles. The number of allylic oxidation sites excluding steroid dienone is 2. The number of esters is 1. The molecule has 0 radical (unpaired) electrons. The van der Waals surface area contributed by atoms with E-state index in [2.05, 4.69) is 6.58 Å². The van der Waals surface area contributed by atoms with Crippen LogP contribution >= 0.6 is 23.2 Å². The van der Waals surface area contributed by atoms with E-state index in [1.807, 2.05) is 12.1 Å². The van der Waals surface area contributed by atoms with Crippen LogP contribution in [0, 0.1) is 0 Å². The van der Waals surface area contributed by atoms with Crippen molar-refractivity contribution in [3.63, 3.8) is 0 Å². The van der Waals surface area contributed by atoms with Crippen LogP contribution in [0.3, 0.4) is 0 Å². The average molecular weight is 349 g/mol. The minimum absolute atomic E-state index is 0.489. The largest absolute Gasteiger partial charge is 0.496 e. The van der Waals surface area contributed by atoms with Crippen LogP contribution in [-0.2, 0) is 17.6 Å². The molecule has 3 rings (SSSR count). The van der Waals surface area contributed by atoms with Gasteiger partial charge in [0.15, 0.2) is 0 Å². The van der Waals surface area contributed by atoms with Crippen molar-refractivity contribution in [3.05, 3.63) is 58.1 Å². The first-order valence-electron chi connectivity index (χ1n) is 7.05. The van der Waals surface area contributed by atoms with Crippen LogP contribution < -0.4 is 9.47 Å². The highest BCUT2D eigenvalue weighted by atomic mass is 35.5. The van der Waals surface area contributed by atoms with Crippen molar-refractivity contribution in [1.82, 2.24) is 0 Å². The van der Waals surface area contributed by atoms with Gasteiger partial charge in [0.2, 0.25) is 0 Å². The molecule has 118 valence electrons. The van der Waals surface area contributed by atoms with Gasteiger partial charge in [-0.2, -0.15) is 0 Å². The third-order valence-electron chi connectivity index (χ3n) is 3.83. The molecule has 0 unspecified atom stereocenters. The van der Waals surface area contributed by atoms with E-state index >= 15 is 0 Å². The molecule has 0 N–H and O–H groups in total. The smallest absolute Gasteiger partial charge is 0.335 e. The van der Waals surface area contributed by atoms with Crippen molar-refractivity contribution >= 4 is 39.9 Å². The number of fused-ring (bicyclic) bond motifs is 2. The summed E-state index contributed by atoms with van der Waals surface area (Å²) in [7, 11) is 1.62. The Hall–Kier alpha value is -1.97. The highest BCUT2D eigenvalue weighted by Gasteiger charge is 2.24. The molecule has 0 fully saturated rings. The van der Waals surface area contributed by atoms with Gasteiger partial charge in [0, 0.05) is 44.5 Å². The van der Waals surface area contributed by atoms with Gasteiger partial charge in [-0.15, -0.1) is 0 Å². The molecule has 1 aliphatic rings. The fourth-order valence-electron chi connectivity index (χ4n) is 2.85. The summed E-state index contributed by atoms with van der Waals surface area (Å²) in [5.41, 5.74) is 1.82. The summed E-state index contributed by atoms with van der Waals surface area (Å²) in [4.78, 5) is 11.8. The number of benzene rings is 2. The topological polar surface area (TPSA) is 35.5 Å². The number of hydrogen-bond donors (Lipinski definition) is 0. The van der Waals surface area contributed by atoms with E-state index in [9.17, 15) is 4.79 Å². The fourth-order valence-corrected chi connectivity index (χ4v) is 3.23. The number of ether oxygens (including phenoxy) is 2. The van der Waals surface area contributed by atoms with Gasteiger partial charge in [-0.25, -0.2) is 4.79 Å². The normalized spacial score (nSPS) is 13.3. The van der Waals surface area contributed by atoms with Crippen molar-refractivity contribution in [2.45, 2.75) is 12.8 Å². The molecule has 0 amide bonds. The molecule has 3 nitrogen and oxygen atoms in total. The van der Waals surface area contributed by atoms with E-state index in [-0.39, 0.29) is 0 Å². The molecule has 0 spiro atoms. The van der Waals surface area contributed by atoms with Crippen molar-refractivity contribution in [1.29, 1.82) is 0 Å². The lowest BCUT2D eigenvalue weighted by Gasteiger charge is -2.23. The van der Waals surface area contributed by atoms with Crippen LogP contribution in [0.4, 0.5) is 0 Å². The predicted molar refractivity (Wildman–Crippen MR) is 92.7 cm³/mol. The summed E-state index contributed by atoms with van der Waals surface area (Å²) in [5.74, 6) is 0.708. The second-order valence-electron chi connectivity index (χ2n) is 5.17. The number of carbonyl (C=O) groups is 1. The summed E-state index contributed by atoms with van der Waals surface area (Å²) in [6.45, 7) is 3.45. The zero-order valence-corrected chi connectivity index (χ0v) is 14.0. The van der Waals surface area contributed by atoms with E-state index in [0.717, 1.165) is 33.7 Å². The van der Waals surface area contributed by atoms with Gasteiger partial charge >= 0.3 is 5.97 Å². The molecule has 0 heterocycles. The predicted octanol–water partition coefficient (Wildman–Crippen LogP) is 4.81. The lowest BCUT2D eigenvalue weighted by molar-refractivity contribution is -0.128. The Kier molecular flexibility index (Phi) is 4.33. The monoisotopic (exact) mass is 348 g/mol. The van der Waals surface area contributed by atoms with Crippen LogP contribution in [0.1, 0.15) is 11.1 Å². The molecular weight excluding hydrogens is 335 g/mol. The van der Waals surface area contributed by atoms with E-state index in [1.54, 1.807) is 19.2 Å². The molecule has 0 aliphatic heterocycles. The third kappa shape index (κ3) is 2.82. The van der Waals surface area contributed by atoms with Crippen molar-refractivity contribution in [3.8, 4) is 11.5 Å². The Labute approximate surface area is 144 Å². The Morgan fingerprint density at radius 1 is 1.22 bits per heavy atom. The van der Waals surface area contributed by atoms with E-state index < -0.39 is 5.97 Å². The maximum Gasteiger partial charge on any atom is 0.335 e. The van der Waals surface area contributed by atoms with Gasteiger partial charge < -0.3 is 9.47 Å². The highest BCUT2D eigenvalue weighted by Crippen LogP contribution is 2.45. The van der Waals surface area contributed by atoms with Crippen LogP contribution in [0.15, 0.2) is 42.0 Å². The van der Waals surface area contributed by atoms with Crippen LogP contribution in [0.2, 0.25) is 5.02 Å². The fraction of sp³-hybridized carbons (Fsp3) is 0.167. The summed E-state index contributed by atoms with van der Waals surface area (Å²) in [6, 6.07) is 5.38. The maximum atomic E-state index is 11.8. The molecule has 0 saturated carbocycles. The summed E-state index contributed by atoms with van der Waals surface area (Å²) in [6.07, 6.45) is 4.17. The molecule has 0 atom stereocenters. The first-order chi connectivity index (χ1) is 11.0. The van der Waals surface area contributed by atoms with E-state index in [0.29, 0.717) is 28.6 Å². The van der Waals surface area contributed by atoms with Crippen molar-refractivity contribution in [2.75, 3.05) is 7.11 Å². The molecular formula is C18H14Cl2O3. The molecule has 2 aromatic rings. The molecule has 1 aliphatic carbocycles. The third-order valence-corrected chi connectivity index (χ3v) is 4.35. The van der Waals surface area contributed by atoms with Gasteiger partial charge in [-0.3, -0.25) is 0 Å². The van der Waals surface area contributed by atoms with Gasteiger partial charge in [-0.1, -0.05) is 35.9 Å². The summed E-state index contributed by atoms with van der Waals surface area (Å²) >= 11 is 12.3. The minimum Gasteiger partial charge on any atom is -0.496 e. The van der Waals surface area contributed by atoms with Crippen LogP contribution in [-0.4, -0.2) is 13.1 Å². The highest BCUT2D eigenvalue weighted by molar-refractivity contribution is 6.31. The van der Waals surface area contributed by atoms with Crippen LogP contribution in [0.25, 0.3) is 10.8 Å². The summed E-state index contributed by atoms with van der Waals surface area (Å²) < 4.78 is 11.1. The Morgan fingerprint density at radius 2 is 2.00 bits per heavy atom. The Morgan fingerprint density at radius 3 is 2.70 bits per heavy atom. The van der Waals surface area contributed by atoms with Crippen molar-refractivity contribution < 1.29 is 14.3 Å². The first kappa shape index (κ1) is 15.9. The Balaban J connectivity index is 2.37. The van der Waals surface area contributed by atoms with E-state index in [1.165, 1.54) is 0 Å². The Bertz CT molecular complexity index is 853. The number of carbonyl (C=O) groups excluding carboxylic acids is 1. The molecule has 2 aromatic carbocycles. The van der Waals surface area contributed by atoms with Gasteiger partial charge in [-0.05, 0) is 24.6 Å². The zero-order valence-electron chi connectivity index (χ0n) is 12.5. The van der Waals surface area contributed by atoms with Gasteiger partial charge in [0.05, 0.1) is 7.11 Å². The van der Waals surface area contributed by atoms with Crippen molar-refractivity contribution in [2.24, 2.45) is 0 Å². The average Bonchev–Trinajstić information content (AvgIpc) is 2.54. The lowest BCUT2D eigenvalue weighted by atomic mass is 9.90. The number of rotatable bonds is 3. The quantitative estimate of drug-likeness (QED) is 0.453.